The van der Waals surface area contributed by atoms with Crippen LogP contribution in [0.4, 0.5) is 0 Å². The average molecular weight is 181 g/mol. The SMILES string of the molecule is O=C1CC(CC2CCCC2)C(=O)N1. The smallest absolute Gasteiger partial charge is 0.230 e. The van der Waals surface area contributed by atoms with Gasteiger partial charge in [0.05, 0.1) is 0 Å². The highest BCUT2D eigenvalue weighted by atomic mass is 16.2. The lowest BCUT2D eigenvalue weighted by Crippen LogP contribution is -2.22. The molecule has 2 aliphatic rings. The van der Waals surface area contributed by atoms with E-state index in [9.17, 15) is 9.59 Å². The van der Waals surface area contributed by atoms with Gasteiger partial charge >= 0.3 is 0 Å². The third-order valence-corrected chi connectivity index (χ3v) is 3.16. The van der Waals surface area contributed by atoms with Crippen LogP contribution in [0.1, 0.15) is 38.5 Å². The van der Waals surface area contributed by atoms with Crippen molar-refractivity contribution in [2.24, 2.45) is 11.8 Å². The lowest BCUT2D eigenvalue weighted by atomic mass is 9.92. The molecule has 1 aliphatic carbocycles. The van der Waals surface area contributed by atoms with Crippen molar-refractivity contribution in [2.45, 2.75) is 38.5 Å². The van der Waals surface area contributed by atoms with E-state index < -0.39 is 0 Å². The Labute approximate surface area is 77.9 Å². The molecule has 1 saturated carbocycles. The van der Waals surface area contributed by atoms with Gasteiger partial charge in [0.1, 0.15) is 0 Å². The molecule has 13 heavy (non-hydrogen) atoms. The van der Waals surface area contributed by atoms with Crippen molar-refractivity contribution in [2.75, 3.05) is 0 Å². The van der Waals surface area contributed by atoms with Crippen molar-refractivity contribution < 1.29 is 9.59 Å². The maximum atomic E-state index is 11.2. The number of hydrogen-bond donors (Lipinski definition) is 1. The normalized spacial score (nSPS) is 29.7. The molecule has 1 saturated heterocycles. The number of hydrogen-bond acceptors (Lipinski definition) is 2. The summed E-state index contributed by atoms with van der Waals surface area (Å²) in [5.41, 5.74) is 0. The summed E-state index contributed by atoms with van der Waals surface area (Å²) in [5, 5.41) is 2.36. The van der Waals surface area contributed by atoms with E-state index in [1.165, 1.54) is 25.7 Å². The van der Waals surface area contributed by atoms with Gasteiger partial charge in [-0.25, -0.2) is 0 Å². The highest BCUT2D eigenvalue weighted by Crippen LogP contribution is 2.32. The molecule has 2 rings (SSSR count). The first-order valence-electron chi connectivity index (χ1n) is 5.09. The summed E-state index contributed by atoms with van der Waals surface area (Å²) in [6.45, 7) is 0. The van der Waals surface area contributed by atoms with E-state index >= 15 is 0 Å². The van der Waals surface area contributed by atoms with E-state index in [1.807, 2.05) is 0 Å². The zero-order chi connectivity index (χ0) is 9.26. The van der Waals surface area contributed by atoms with Gasteiger partial charge in [0.25, 0.3) is 0 Å². The monoisotopic (exact) mass is 181 g/mol. The fraction of sp³-hybridized carbons (Fsp3) is 0.800. The summed E-state index contributed by atoms with van der Waals surface area (Å²) < 4.78 is 0. The molecule has 0 aromatic heterocycles. The number of nitrogens with one attached hydrogen (secondary N) is 1. The largest absolute Gasteiger partial charge is 0.296 e. The Morgan fingerprint density at radius 1 is 1.23 bits per heavy atom. The minimum absolute atomic E-state index is 0.0180. The summed E-state index contributed by atoms with van der Waals surface area (Å²) in [7, 11) is 0. The topological polar surface area (TPSA) is 46.2 Å². The summed E-state index contributed by atoms with van der Waals surface area (Å²) in [4.78, 5) is 22.1. The molecule has 2 fully saturated rings. The van der Waals surface area contributed by atoms with Crippen molar-refractivity contribution in [3.63, 3.8) is 0 Å². The van der Waals surface area contributed by atoms with Crippen LogP contribution in [0.15, 0.2) is 0 Å². The molecule has 0 radical (unpaired) electrons. The van der Waals surface area contributed by atoms with Crippen molar-refractivity contribution in [3.05, 3.63) is 0 Å². The Morgan fingerprint density at radius 2 is 1.92 bits per heavy atom. The summed E-state index contributed by atoms with van der Waals surface area (Å²) in [6, 6.07) is 0. The fourth-order valence-electron chi connectivity index (χ4n) is 2.45. The van der Waals surface area contributed by atoms with Crippen LogP contribution in [0.5, 0.6) is 0 Å². The van der Waals surface area contributed by atoms with Crippen LogP contribution in [-0.2, 0) is 9.59 Å². The first-order valence-corrected chi connectivity index (χ1v) is 5.09. The summed E-state index contributed by atoms with van der Waals surface area (Å²) in [6.07, 6.45) is 6.45. The van der Waals surface area contributed by atoms with Crippen LogP contribution < -0.4 is 5.32 Å². The second-order valence-electron chi connectivity index (χ2n) is 4.20. The Hall–Kier alpha value is -0.860. The molecule has 1 unspecified atom stereocenters. The van der Waals surface area contributed by atoms with Crippen molar-refractivity contribution in [1.82, 2.24) is 5.32 Å². The highest BCUT2D eigenvalue weighted by Gasteiger charge is 2.32. The standard InChI is InChI=1S/C10H15NO2/c12-9-6-8(10(13)11-9)5-7-3-1-2-4-7/h7-8H,1-6H2,(H,11,12,13). The molecule has 0 aromatic carbocycles. The van der Waals surface area contributed by atoms with Gasteiger partial charge in [-0.05, 0) is 12.3 Å². The Morgan fingerprint density at radius 3 is 2.46 bits per heavy atom. The lowest BCUT2D eigenvalue weighted by molar-refractivity contribution is -0.126. The molecule has 1 N–H and O–H groups in total. The van der Waals surface area contributed by atoms with Crippen LogP contribution in [0, 0.1) is 11.8 Å². The molecule has 1 atom stereocenters. The average Bonchev–Trinajstić information content (AvgIpc) is 2.63. The number of amides is 2. The Balaban J connectivity index is 1.87. The second-order valence-corrected chi connectivity index (χ2v) is 4.20. The van der Waals surface area contributed by atoms with Crippen molar-refractivity contribution >= 4 is 11.8 Å². The maximum Gasteiger partial charge on any atom is 0.230 e. The first-order chi connectivity index (χ1) is 6.25. The summed E-state index contributed by atoms with van der Waals surface area (Å²) >= 11 is 0. The fourth-order valence-corrected chi connectivity index (χ4v) is 2.45. The molecule has 2 amide bonds. The molecule has 3 heteroatoms. The van der Waals surface area contributed by atoms with Crippen LogP contribution in [0.3, 0.4) is 0 Å². The van der Waals surface area contributed by atoms with Gasteiger partial charge in [-0.3, -0.25) is 14.9 Å². The van der Waals surface area contributed by atoms with Gasteiger partial charge in [0, 0.05) is 12.3 Å². The molecule has 0 spiro atoms. The van der Waals surface area contributed by atoms with Crippen LogP contribution in [0.2, 0.25) is 0 Å². The molecule has 3 nitrogen and oxygen atoms in total. The molecule has 72 valence electrons. The molecule has 1 aliphatic heterocycles. The minimum atomic E-state index is -0.0898. The molecular formula is C10H15NO2. The highest BCUT2D eigenvalue weighted by molar-refractivity contribution is 6.03. The number of carbonyl (C=O) groups excluding carboxylic acids is 2. The molecule has 0 bridgehead atoms. The van der Waals surface area contributed by atoms with E-state index in [1.54, 1.807) is 0 Å². The second kappa shape index (κ2) is 3.48. The van der Waals surface area contributed by atoms with Crippen molar-refractivity contribution in [1.29, 1.82) is 0 Å². The molecular weight excluding hydrogens is 166 g/mol. The van der Waals surface area contributed by atoms with Gasteiger partial charge in [-0.15, -0.1) is 0 Å². The zero-order valence-electron chi connectivity index (χ0n) is 7.71. The van der Waals surface area contributed by atoms with Gasteiger partial charge in [0.15, 0.2) is 0 Å². The summed E-state index contributed by atoms with van der Waals surface area (Å²) in [5.74, 6) is 0.544. The minimum Gasteiger partial charge on any atom is -0.296 e. The van der Waals surface area contributed by atoms with Crippen LogP contribution in [-0.4, -0.2) is 11.8 Å². The zero-order valence-corrected chi connectivity index (χ0v) is 7.71. The van der Waals surface area contributed by atoms with Crippen LogP contribution in [0.25, 0.3) is 0 Å². The van der Waals surface area contributed by atoms with Gasteiger partial charge in [0.2, 0.25) is 11.8 Å². The maximum absolute atomic E-state index is 11.2. The first kappa shape index (κ1) is 8.73. The quantitative estimate of drug-likeness (QED) is 0.651. The van der Waals surface area contributed by atoms with Gasteiger partial charge < -0.3 is 0 Å². The number of rotatable bonds is 2. The van der Waals surface area contributed by atoms with Crippen LogP contribution >= 0.6 is 0 Å². The Kier molecular flexibility index (Phi) is 2.34. The Bertz CT molecular complexity index is 231. The predicted molar refractivity (Wildman–Crippen MR) is 47.8 cm³/mol. The van der Waals surface area contributed by atoms with E-state index in [0.29, 0.717) is 12.3 Å². The van der Waals surface area contributed by atoms with E-state index in [4.69, 9.17) is 0 Å². The number of imide groups is 1. The van der Waals surface area contributed by atoms with Gasteiger partial charge in [-0.1, -0.05) is 25.7 Å². The van der Waals surface area contributed by atoms with Crippen molar-refractivity contribution in [3.8, 4) is 0 Å². The third-order valence-electron chi connectivity index (χ3n) is 3.16. The van der Waals surface area contributed by atoms with E-state index in [0.717, 1.165) is 6.42 Å². The van der Waals surface area contributed by atoms with E-state index in [-0.39, 0.29) is 17.7 Å². The van der Waals surface area contributed by atoms with Gasteiger partial charge in [-0.2, -0.15) is 0 Å². The predicted octanol–water partition coefficient (Wildman–Crippen LogP) is 1.23. The lowest BCUT2D eigenvalue weighted by Gasteiger charge is -2.11. The van der Waals surface area contributed by atoms with E-state index in [2.05, 4.69) is 5.32 Å². The third kappa shape index (κ3) is 1.90. The molecule has 0 aromatic rings. The number of carbonyl (C=O) groups is 2. The molecule has 1 heterocycles.